The second-order valence-corrected chi connectivity index (χ2v) is 4.32. The van der Waals surface area contributed by atoms with E-state index in [0.717, 1.165) is 5.52 Å². The maximum absolute atomic E-state index is 11.9. The fourth-order valence-electron chi connectivity index (χ4n) is 1.87. The molecule has 2 rings (SSSR count). The van der Waals surface area contributed by atoms with Crippen molar-refractivity contribution in [2.45, 2.75) is 19.6 Å². The molecule has 16 heavy (non-hydrogen) atoms. The molecule has 1 aromatic heterocycles. The maximum Gasteiger partial charge on any atom is 0.328 e. The second kappa shape index (κ2) is 3.96. The van der Waals surface area contributed by atoms with Crippen LogP contribution in [0.3, 0.4) is 0 Å². The minimum Gasteiger partial charge on any atom is -0.392 e. The smallest absolute Gasteiger partial charge is 0.328 e. The fraction of sp³-hybridized carbons (Fsp3) is 0.364. The van der Waals surface area contributed by atoms with Gasteiger partial charge in [0.15, 0.2) is 0 Å². The third kappa shape index (κ3) is 1.64. The van der Waals surface area contributed by atoms with Gasteiger partial charge in [0.25, 0.3) is 0 Å². The Kier molecular flexibility index (Phi) is 2.78. The molecule has 0 radical (unpaired) electrons. The Labute approximate surface area is 97.7 Å². The number of para-hydroxylation sites is 1. The summed E-state index contributed by atoms with van der Waals surface area (Å²) in [7, 11) is 1.68. The lowest BCUT2D eigenvalue weighted by Gasteiger charge is -2.05. The zero-order valence-electron chi connectivity index (χ0n) is 9.14. The monoisotopic (exact) mass is 240 g/mol. The summed E-state index contributed by atoms with van der Waals surface area (Å²) in [6.07, 6.45) is -0.567. The number of fused-ring (bicyclic) bond motifs is 1. The average molecular weight is 241 g/mol. The molecule has 5 heteroatoms. The largest absolute Gasteiger partial charge is 0.392 e. The fourth-order valence-corrected chi connectivity index (χ4v) is 2.17. The topological polar surface area (TPSA) is 47.2 Å². The summed E-state index contributed by atoms with van der Waals surface area (Å²) in [6, 6.07) is 5.36. The molecule has 86 valence electrons. The zero-order valence-corrected chi connectivity index (χ0v) is 9.90. The number of aryl methyl sites for hydroxylation is 1. The van der Waals surface area contributed by atoms with Crippen molar-refractivity contribution >= 4 is 22.6 Å². The number of halogens is 1. The minimum atomic E-state index is -0.567. The molecule has 1 aromatic carbocycles. The van der Waals surface area contributed by atoms with Crippen LogP contribution in [0.15, 0.2) is 23.0 Å². The van der Waals surface area contributed by atoms with Crippen LogP contribution in [0.1, 0.15) is 6.92 Å². The number of aromatic nitrogens is 2. The first-order valence-electron chi connectivity index (χ1n) is 5.04. The van der Waals surface area contributed by atoms with E-state index in [1.807, 2.05) is 6.07 Å². The van der Waals surface area contributed by atoms with Crippen LogP contribution in [0.5, 0.6) is 0 Å². The first-order chi connectivity index (χ1) is 7.52. The second-order valence-electron chi connectivity index (χ2n) is 3.91. The van der Waals surface area contributed by atoms with Crippen LogP contribution in [0, 0.1) is 0 Å². The normalized spacial score (nSPS) is 13.2. The lowest BCUT2D eigenvalue weighted by Crippen LogP contribution is -2.26. The van der Waals surface area contributed by atoms with Crippen molar-refractivity contribution in [2.24, 2.45) is 7.05 Å². The number of hydrogen-bond donors (Lipinski definition) is 1. The molecule has 0 bridgehead atoms. The van der Waals surface area contributed by atoms with Gasteiger partial charge in [0.1, 0.15) is 0 Å². The first kappa shape index (κ1) is 11.2. The Hall–Kier alpha value is -1.26. The van der Waals surface area contributed by atoms with Crippen LogP contribution in [0.25, 0.3) is 11.0 Å². The average Bonchev–Trinajstić information content (AvgIpc) is 2.44. The molecular formula is C11H13ClN2O2. The van der Waals surface area contributed by atoms with Crippen molar-refractivity contribution in [2.75, 3.05) is 0 Å². The molecule has 2 aromatic rings. The SMILES string of the molecule is CC(O)Cn1c(=O)n(C)c2c(Cl)cccc21. The van der Waals surface area contributed by atoms with E-state index < -0.39 is 6.10 Å². The molecule has 0 fully saturated rings. The van der Waals surface area contributed by atoms with Gasteiger partial charge in [-0.05, 0) is 19.1 Å². The summed E-state index contributed by atoms with van der Waals surface area (Å²) in [4.78, 5) is 11.9. The Morgan fingerprint density at radius 3 is 2.81 bits per heavy atom. The maximum atomic E-state index is 11.9. The van der Waals surface area contributed by atoms with E-state index in [0.29, 0.717) is 10.5 Å². The molecule has 0 amide bonds. The number of hydrogen-bond acceptors (Lipinski definition) is 2. The molecule has 4 nitrogen and oxygen atoms in total. The number of aliphatic hydroxyl groups excluding tert-OH is 1. The van der Waals surface area contributed by atoms with Gasteiger partial charge in [-0.15, -0.1) is 0 Å². The summed E-state index contributed by atoms with van der Waals surface area (Å²) in [5.74, 6) is 0. The van der Waals surface area contributed by atoms with Crippen molar-refractivity contribution in [3.8, 4) is 0 Å². The van der Waals surface area contributed by atoms with E-state index >= 15 is 0 Å². The lowest BCUT2D eigenvalue weighted by molar-refractivity contribution is 0.173. The summed E-state index contributed by atoms with van der Waals surface area (Å²) in [5.41, 5.74) is 1.29. The van der Waals surface area contributed by atoms with Crippen molar-refractivity contribution in [1.29, 1.82) is 0 Å². The number of benzene rings is 1. The molecule has 1 atom stereocenters. The number of imidazole rings is 1. The molecule has 0 saturated carbocycles. The van der Waals surface area contributed by atoms with Gasteiger partial charge < -0.3 is 5.11 Å². The van der Waals surface area contributed by atoms with Gasteiger partial charge >= 0.3 is 5.69 Å². The van der Waals surface area contributed by atoms with Gasteiger partial charge in [-0.2, -0.15) is 0 Å². The van der Waals surface area contributed by atoms with E-state index in [4.69, 9.17) is 11.6 Å². The number of aliphatic hydroxyl groups is 1. The van der Waals surface area contributed by atoms with Crippen LogP contribution in [0.2, 0.25) is 5.02 Å². The van der Waals surface area contributed by atoms with E-state index in [-0.39, 0.29) is 12.2 Å². The lowest BCUT2D eigenvalue weighted by atomic mass is 10.3. The van der Waals surface area contributed by atoms with E-state index in [1.165, 1.54) is 9.13 Å². The highest BCUT2D eigenvalue weighted by molar-refractivity contribution is 6.34. The number of rotatable bonds is 2. The highest BCUT2D eigenvalue weighted by Crippen LogP contribution is 2.21. The van der Waals surface area contributed by atoms with Gasteiger partial charge in [0.2, 0.25) is 0 Å². The van der Waals surface area contributed by atoms with E-state index in [1.54, 1.807) is 26.1 Å². The van der Waals surface area contributed by atoms with Gasteiger partial charge in [0, 0.05) is 7.05 Å². The van der Waals surface area contributed by atoms with E-state index in [9.17, 15) is 9.90 Å². The molecule has 1 unspecified atom stereocenters. The van der Waals surface area contributed by atoms with Crippen molar-refractivity contribution in [1.82, 2.24) is 9.13 Å². The molecule has 0 saturated heterocycles. The molecule has 0 aliphatic heterocycles. The van der Waals surface area contributed by atoms with Crippen molar-refractivity contribution < 1.29 is 5.11 Å². The first-order valence-corrected chi connectivity index (χ1v) is 5.42. The molecule has 1 N–H and O–H groups in total. The highest BCUT2D eigenvalue weighted by Gasteiger charge is 2.13. The van der Waals surface area contributed by atoms with Crippen LogP contribution < -0.4 is 5.69 Å². The zero-order chi connectivity index (χ0) is 11.9. The van der Waals surface area contributed by atoms with Gasteiger partial charge in [-0.25, -0.2) is 4.79 Å². The molecular weight excluding hydrogens is 228 g/mol. The Morgan fingerprint density at radius 2 is 2.19 bits per heavy atom. The Balaban J connectivity index is 2.79. The third-order valence-corrected chi connectivity index (χ3v) is 2.86. The van der Waals surface area contributed by atoms with Crippen LogP contribution in [-0.4, -0.2) is 20.3 Å². The summed E-state index contributed by atoms with van der Waals surface area (Å²) < 4.78 is 3.03. The van der Waals surface area contributed by atoms with Crippen LogP contribution >= 0.6 is 11.6 Å². The van der Waals surface area contributed by atoms with Gasteiger partial charge in [0.05, 0.1) is 28.7 Å². The van der Waals surface area contributed by atoms with Crippen LogP contribution in [0.4, 0.5) is 0 Å². The Morgan fingerprint density at radius 1 is 1.50 bits per heavy atom. The minimum absolute atomic E-state index is 0.163. The summed E-state index contributed by atoms with van der Waals surface area (Å²) in [5, 5.41) is 9.91. The summed E-state index contributed by atoms with van der Waals surface area (Å²) >= 11 is 6.05. The third-order valence-electron chi connectivity index (χ3n) is 2.56. The van der Waals surface area contributed by atoms with Gasteiger partial charge in [-0.3, -0.25) is 9.13 Å². The molecule has 0 aliphatic carbocycles. The molecule has 1 heterocycles. The van der Waals surface area contributed by atoms with Crippen LogP contribution in [-0.2, 0) is 13.6 Å². The summed E-state index contributed by atoms with van der Waals surface area (Å²) in [6.45, 7) is 1.92. The standard InChI is InChI=1S/C11H13ClN2O2/c1-7(15)6-14-9-5-3-4-8(12)10(9)13(2)11(14)16/h3-5,7,15H,6H2,1-2H3. The molecule has 0 spiro atoms. The highest BCUT2D eigenvalue weighted by atomic mass is 35.5. The van der Waals surface area contributed by atoms with Crippen molar-refractivity contribution in [3.63, 3.8) is 0 Å². The molecule has 0 aliphatic rings. The van der Waals surface area contributed by atoms with Crippen molar-refractivity contribution in [3.05, 3.63) is 33.7 Å². The van der Waals surface area contributed by atoms with Gasteiger partial charge in [-0.1, -0.05) is 17.7 Å². The van der Waals surface area contributed by atoms with E-state index in [2.05, 4.69) is 0 Å². The predicted octanol–water partition coefficient (Wildman–Crippen LogP) is 1.37. The predicted molar refractivity (Wildman–Crippen MR) is 63.9 cm³/mol. The quantitative estimate of drug-likeness (QED) is 0.862. The Bertz CT molecular complexity index is 583. The number of nitrogens with zero attached hydrogens (tertiary/aromatic N) is 2.